The molecule has 0 saturated carbocycles. The Labute approximate surface area is 158 Å². The molecule has 1 amide bonds. The fourth-order valence-electron chi connectivity index (χ4n) is 2.39. The first-order chi connectivity index (χ1) is 12.2. The lowest BCUT2D eigenvalue weighted by Crippen LogP contribution is -2.16. The molecule has 3 rings (SSSR count). The molecule has 0 atom stereocenters. The molecule has 4 N–H and O–H groups in total. The molecule has 0 radical (unpaired) electrons. The van der Waals surface area contributed by atoms with Crippen LogP contribution in [0.3, 0.4) is 0 Å². The second-order valence-corrected chi connectivity index (χ2v) is 8.10. The van der Waals surface area contributed by atoms with Crippen LogP contribution in [0.1, 0.15) is 16.1 Å². The van der Waals surface area contributed by atoms with Crippen molar-refractivity contribution in [2.45, 2.75) is 11.8 Å². The van der Waals surface area contributed by atoms with Gasteiger partial charge in [-0.25, -0.2) is 13.6 Å². The maximum atomic E-state index is 12.4. The maximum Gasteiger partial charge on any atom is 0.273 e. The molecule has 1 heterocycles. The summed E-state index contributed by atoms with van der Waals surface area (Å²) in [5, 5.41) is 14.6. The molecule has 134 valence electrons. The van der Waals surface area contributed by atoms with Crippen LogP contribution in [-0.4, -0.2) is 24.5 Å². The number of aromatic amines is 1. The van der Waals surface area contributed by atoms with Crippen molar-refractivity contribution in [2.24, 2.45) is 5.14 Å². The third-order valence-electron chi connectivity index (χ3n) is 3.72. The predicted molar refractivity (Wildman–Crippen MR) is 102 cm³/mol. The van der Waals surface area contributed by atoms with E-state index in [-0.39, 0.29) is 10.6 Å². The molecule has 1 aromatic heterocycles. The smallest absolute Gasteiger partial charge is 0.273 e. The highest BCUT2D eigenvalue weighted by Gasteiger charge is 2.15. The predicted octanol–water partition coefficient (Wildman–Crippen LogP) is 3.05. The number of hydrogen-bond acceptors (Lipinski definition) is 4. The maximum absolute atomic E-state index is 12.4. The van der Waals surface area contributed by atoms with Crippen LogP contribution in [0, 0.1) is 6.92 Å². The molecular formula is C17H15BrN4O3S. The minimum absolute atomic E-state index is 0.0320. The van der Waals surface area contributed by atoms with Crippen LogP contribution in [-0.2, 0) is 10.0 Å². The number of rotatable bonds is 4. The highest BCUT2D eigenvalue weighted by atomic mass is 79.9. The summed E-state index contributed by atoms with van der Waals surface area (Å²) in [4.78, 5) is 12.4. The number of primary sulfonamides is 1. The summed E-state index contributed by atoms with van der Waals surface area (Å²) in [6.07, 6.45) is 0. The van der Waals surface area contributed by atoms with Crippen LogP contribution in [0.5, 0.6) is 0 Å². The molecule has 3 aromatic rings. The van der Waals surface area contributed by atoms with Crippen LogP contribution >= 0.6 is 15.9 Å². The van der Waals surface area contributed by atoms with Gasteiger partial charge in [-0.1, -0.05) is 34.1 Å². The molecule has 0 fully saturated rings. The van der Waals surface area contributed by atoms with E-state index in [1.165, 1.54) is 6.07 Å². The Hall–Kier alpha value is -2.49. The van der Waals surface area contributed by atoms with Crippen molar-refractivity contribution in [3.8, 4) is 11.3 Å². The van der Waals surface area contributed by atoms with Crippen molar-refractivity contribution in [1.82, 2.24) is 10.2 Å². The minimum atomic E-state index is -3.87. The van der Waals surface area contributed by atoms with E-state index in [9.17, 15) is 13.2 Å². The van der Waals surface area contributed by atoms with E-state index >= 15 is 0 Å². The van der Waals surface area contributed by atoms with Gasteiger partial charge in [0.05, 0.1) is 10.6 Å². The van der Waals surface area contributed by atoms with E-state index < -0.39 is 15.9 Å². The van der Waals surface area contributed by atoms with E-state index in [4.69, 9.17) is 5.14 Å². The Bertz CT molecular complexity index is 1080. The topological polar surface area (TPSA) is 118 Å². The number of nitrogens with one attached hydrogen (secondary N) is 2. The molecule has 9 heteroatoms. The summed E-state index contributed by atoms with van der Waals surface area (Å²) in [7, 11) is -3.87. The van der Waals surface area contributed by atoms with Crippen molar-refractivity contribution in [3.05, 3.63) is 64.3 Å². The van der Waals surface area contributed by atoms with Gasteiger partial charge in [-0.2, -0.15) is 5.10 Å². The van der Waals surface area contributed by atoms with Gasteiger partial charge in [0.15, 0.2) is 0 Å². The molecule has 26 heavy (non-hydrogen) atoms. The van der Waals surface area contributed by atoms with Crippen LogP contribution in [0.4, 0.5) is 5.69 Å². The number of hydrogen-bond donors (Lipinski definition) is 3. The number of carbonyl (C=O) groups is 1. The number of amides is 1. The summed E-state index contributed by atoms with van der Waals surface area (Å²) in [6.45, 7) is 1.63. The summed E-state index contributed by atoms with van der Waals surface area (Å²) >= 11 is 3.36. The zero-order valence-electron chi connectivity index (χ0n) is 13.7. The Morgan fingerprint density at radius 2 is 1.85 bits per heavy atom. The van der Waals surface area contributed by atoms with Gasteiger partial charge in [-0.3, -0.25) is 9.89 Å². The summed E-state index contributed by atoms with van der Waals surface area (Å²) in [5.41, 5.74) is 2.56. The lowest BCUT2D eigenvalue weighted by Gasteiger charge is -2.08. The number of anilines is 1. The third kappa shape index (κ3) is 4.01. The quantitative estimate of drug-likeness (QED) is 0.584. The van der Waals surface area contributed by atoms with Gasteiger partial charge in [0.25, 0.3) is 5.91 Å². The molecule has 0 unspecified atom stereocenters. The van der Waals surface area contributed by atoms with Crippen LogP contribution < -0.4 is 10.5 Å². The monoisotopic (exact) mass is 434 g/mol. The largest absolute Gasteiger partial charge is 0.321 e. The Morgan fingerprint density at radius 3 is 2.50 bits per heavy atom. The molecule has 0 aliphatic heterocycles. The fourth-order valence-corrected chi connectivity index (χ4v) is 3.46. The summed E-state index contributed by atoms with van der Waals surface area (Å²) < 4.78 is 24.1. The number of benzene rings is 2. The number of sulfonamides is 1. The van der Waals surface area contributed by atoms with Gasteiger partial charge in [-0.15, -0.1) is 0 Å². The van der Waals surface area contributed by atoms with E-state index in [1.54, 1.807) is 25.1 Å². The first-order valence-corrected chi connectivity index (χ1v) is 9.84. The number of aryl methyl sites for hydroxylation is 1. The summed E-state index contributed by atoms with van der Waals surface area (Å²) in [6, 6.07) is 13.6. The molecule has 0 bridgehead atoms. The second-order valence-electron chi connectivity index (χ2n) is 5.65. The lowest BCUT2D eigenvalue weighted by atomic mass is 10.1. The number of H-pyrrole nitrogens is 1. The lowest BCUT2D eigenvalue weighted by molar-refractivity contribution is 0.102. The first-order valence-electron chi connectivity index (χ1n) is 7.50. The van der Waals surface area contributed by atoms with E-state index in [2.05, 4.69) is 31.4 Å². The normalized spacial score (nSPS) is 11.3. The van der Waals surface area contributed by atoms with Gasteiger partial charge in [-0.05, 0) is 42.8 Å². The molecule has 7 nitrogen and oxygen atoms in total. The standard InChI is InChI=1S/C17H15BrN4O3S/c1-10-2-7-13(8-16(10)26(19,24)25)20-17(23)15-9-14(21-22-15)11-3-5-12(18)6-4-11/h2-9H,1H3,(H,20,23)(H,21,22)(H2,19,24,25). The zero-order valence-corrected chi connectivity index (χ0v) is 16.1. The van der Waals surface area contributed by atoms with Crippen LogP contribution in [0.25, 0.3) is 11.3 Å². The first kappa shape index (κ1) is 18.3. The van der Waals surface area contributed by atoms with Crippen molar-refractivity contribution in [3.63, 3.8) is 0 Å². The number of aromatic nitrogens is 2. The molecule has 0 aliphatic carbocycles. The van der Waals surface area contributed by atoms with Gasteiger partial charge in [0.1, 0.15) is 5.69 Å². The Morgan fingerprint density at radius 1 is 1.15 bits per heavy atom. The van der Waals surface area contributed by atoms with Gasteiger partial charge < -0.3 is 5.32 Å². The number of nitrogens with zero attached hydrogens (tertiary/aromatic N) is 1. The van der Waals surface area contributed by atoms with Crippen LogP contribution in [0.15, 0.2) is 57.9 Å². The van der Waals surface area contributed by atoms with Gasteiger partial charge >= 0.3 is 0 Å². The highest BCUT2D eigenvalue weighted by Crippen LogP contribution is 2.22. The van der Waals surface area contributed by atoms with Crippen molar-refractivity contribution in [2.75, 3.05) is 5.32 Å². The molecule has 0 spiro atoms. The minimum Gasteiger partial charge on any atom is -0.321 e. The molecular weight excluding hydrogens is 420 g/mol. The average Bonchev–Trinajstić information content (AvgIpc) is 3.06. The number of carbonyl (C=O) groups excluding carboxylic acids is 1. The Kier molecular flexibility index (Phi) is 4.94. The fraction of sp³-hybridized carbons (Fsp3) is 0.0588. The van der Waals surface area contributed by atoms with Crippen LogP contribution in [0.2, 0.25) is 0 Å². The van der Waals surface area contributed by atoms with E-state index in [0.717, 1.165) is 10.0 Å². The average molecular weight is 435 g/mol. The second kappa shape index (κ2) is 7.02. The number of nitrogens with two attached hydrogens (primary N) is 1. The van der Waals surface area contributed by atoms with Crippen molar-refractivity contribution in [1.29, 1.82) is 0 Å². The Balaban J connectivity index is 1.82. The molecule has 0 aliphatic rings. The number of halogens is 1. The third-order valence-corrected chi connectivity index (χ3v) is 5.30. The zero-order chi connectivity index (χ0) is 18.9. The van der Waals surface area contributed by atoms with Gasteiger partial charge in [0.2, 0.25) is 10.0 Å². The van der Waals surface area contributed by atoms with Crippen molar-refractivity contribution >= 4 is 37.5 Å². The highest BCUT2D eigenvalue weighted by molar-refractivity contribution is 9.10. The van der Waals surface area contributed by atoms with Crippen molar-refractivity contribution < 1.29 is 13.2 Å². The molecule has 2 aromatic carbocycles. The summed E-state index contributed by atoms with van der Waals surface area (Å²) in [5.74, 6) is -0.440. The van der Waals surface area contributed by atoms with E-state index in [1.807, 2.05) is 24.3 Å². The van der Waals surface area contributed by atoms with E-state index in [0.29, 0.717) is 16.9 Å². The SMILES string of the molecule is Cc1ccc(NC(=O)c2cc(-c3ccc(Br)cc3)n[nH]2)cc1S(N)(=O)=O. The van der Waals surface area contributed by atoms with Gasteiger partial charge in [0, 0.05) is 15.7 Å². The molecule has 0 saturated heterocycles.